The first-order valence-electron chi connectivity index (χ1n) is 8.43. The van der Waals surface area contributed by atoms with Crippen LogP contribution in [0.5, 0.6) is 0 Å². The van der Waals surface area contributed by atoms with E-state index in [0.29, 0.717) is 12.5 Å². The van der Waals surface area contributed by atoms with Crippen LogP contribution in [0, 0.1) is 6.92 Å². The number of benzene rings is 1. The highest BCUT2D eigenvalue weighted by Gasteiger charge is 2.05. The number of hydrogen-bond acceptors (Lipinski definition) is 4. The SMILES string of the molecule is CCNC(=NCC(=O)Nc1cccc(CC)c1)NCc1ncc(C)s1. The van der Waals surface area contributed by atoms with Crippen LogP contribution in [0.4, 0.5) is 5.69 Å². The average Bonchev–Trinajstić information content (AvgIpc) is 3.03. The van der Waals surface area contributed by atoms with Gasteiger partial charge in [-0.1, -0.05) is 19.1 Å². The van der Waals surface area contributed by atoms with E-state index in [1.807, 2.05) is 44.3 Å². The van der Waals surface area contributed by atoms with E-state index >= 15 is 0 Å². The molecule has 7 heteroatoms. The van der Waals surface area contributed by atoms with E-state index in [0.717, 1.165) is 23.7 Å². The van der Waals surface area contributed by atoms with Crippen molar-refractivity contribution in [3.05, 3.63) is 45.9 Å². The minimum Gasteiger partial charge on any atom is -0.357 e. The molecule has 1 aromatic carbocycles. The number of thiazole rings is 1. The van der Waals surface area contributed by atoms with Crippen LogP contribution in [-0.4, -0.2) is 29.9 Å². The molecular formula is C18H25N5OS. The van der Waals surface area contributed by atoms with Crippen molar-refractivity contribution in [3.63, 3.8) is 0 Å². The Morgan fingerprint density at radius 2 is 2.12 bits per heavy atom. The van der Waals surface area contributed by atoms with E-state index < -0.39 is 0 Å². The number of rotatable bonds is 7. The summed E-state index contributed by atoms with van der Waals surface area (Å²) in [4.78, 5) is 21.9. The second-order valence-corrected chi connectivity index (χ2v) is 6.83. The summed E-state index contributed by atoms with van der Waals surface area (Å²) in [6, 6.07) is 7.85. The van der Waals surface area contributed by atoms with Gasteiger partial charge in [0, 0.05) is 23.3 Å². The van der Waals surface area contributed by atoms with Crippen molar-refractivity contribution in [2.24, 2.45) is 4.99 Å². The predicted molar refractivity (Wildman–Crippen MR) is 104 cm³/mol. The number of aryl methyl sites for hydroxylation is 2. The maximum atomic E-state index is 12.1. The van der Waals surface area contributed by atoms with Crippen molar-refractivity contribution in [1.29, 1.82) is 0 Å². The average molecular weight is 359 g/mol. The number of aliphatic imine (C=N–C) groups is 1. The van der Waals surface area contributed by atoms with Crippen LogP contribution in [0.1, 0.15) is 29.3 Å². The highest BCUT2D eigenvalue weighted by molar-refractivity contribution is 7.11. The molecule has 0 saturated heterocycles. The first kappa shape index (κ1) is 18.9. The van der Waals surface area contributed by atoms with Crippen LogP contribution >= 0.6 is 11.3 Å². The van der Waals surface area contributed by atoms with Crippen molar-refractivity contribution >= 4 is 28.9 Å². The third kappa shape index (κ3) is 6.54. The van der Waals surface area contributed by atoms with Crippen molar-refractivity contribution in [2.75, 3.05) is 18.4 Å². The van der Waals surface area contributed by atoms with Crippen molar-refractivity contribution in [2.45, 2.75) is 33.7 Å². The Hall–Kier alpha value is -2.41. The smallest absolute Gasteiger partial charge is 0.246 e. The highest BCUT2D eigenvalue weighted by atomic mass is 32.1. The summed E-state index contributed by atoms with van der Waals surface area (Å²) in [5.41, 5.74) is 1.99. The Labute approximate surface area is 152 Å². The lowest BCUT2D eigenvalue weighted by molar-refractivity contribution is -0.114. The summed E-state index contributed by atoms with van der Waals surface area (Å²) >= 11 is 1.64. The van der Waals surface area contributed by atoms with E-state index in [1.54, 1.807) is 11.3 Å². The standard InChI is InChI=1S/C18H25N5OS/c1-4-14-7-6-8-15(9-14)23-16(24)11-21-18(19-5-2)22-12-17-20-10-13(3)25-17/h6-10H,4-5,11-12H2,1-3H3,(H,23,24)(H2,19,21,22). The van der Waals surface area contributed by atoms with Gasteiger partial charge in [0.1, 0.15) is 11.6 Å². The third-order valence-electron chi connectivity index (χ3n) is 3.42. The largest absolute Gasteiger partial charge is 0.357 e. The lowest BCUT2D eigenvalue weighted by Crippen LogP contribution is -2.37. The third-order valence-corrected chi connectivity index (χ3v) is 4.33. The van der Waals surface area contributed by atoms with Crippen molar-refractivity contribution in [1.82, 2.24) is 15.6 Å². The molecule has 0 aliphatic heterocycles. The molecule has 0 spiro atoms. The number of carbonyl (C=O) groups is 1. The summed E-state index contributed by atoms with van der Waals surface area (Å²) < 4.78 is 0. The zero-order valence-corrected chi connectivity index (χ0v) is 15.7. The van der Waals surface area contributed by atoms with Gasteiger partial charge >= 0.3 is 0 Å². The van der Waals surface area contributed by atoms with Gasteiger partial charge in [0.05, 0.1) is 6.54 Å². The second-order valence-electron chi connectivity index (χ2n) is 5.52. The van der Waals surface area contributed by atoms with Gasteiger partial charge in [0.2, 0.25) is 5.91 Å². The Morgan fingerprint density at radius 1 is 1.28 bits per heavy atom. The normalized spacial score (nSPS) is 11.2. The quantitative estimate of drug-likeness (QED) is 0.525. The molecule has 134 valence electrons. The molecule has 25 heavy (non-hydrogen) atoms. The molecule has 0 unspecified atom stereocenters. The lowest BCUT2D eigenvalue weighted by atomic mass is 10.1. The molecular weight excluding hydrogens is 334 g/mol. The van der Waals surface area contributed by atoms with Crippen LogP contribution < -0.4 is 16.0 Å². The Morgan fingerprint density at radius 3 is 2.80 bits per heavy atom. The van der Waals surface area contributed by atoms with E-state index in [9.17, 15) is 4.79 Å². The predicted octanol–water partition coefficient (Wildman–Crippen LogP) is 2.71. The Bertz CT molecular complexity index is 726. The van der Waals surface area contributed by atoms with Gasteiger partial charge in [0.25, 0.3) is 0 Å². The maximum absolute atomic E-state index is 12.1. The summed E-state index contributed by atoms with van der Waals surface area (Å²) in [6.45, 7) is 7.47. The van der Waals surface area contributed by atoms with Crippen LogP contribution in [0.2, 0.25) is 0 Å². The minimum atomic E-state index is -0.143. The summed E-state index contributed by atoms with van der Waals surface area (Å²) in [5.74, 6) is 0.461. The molecule has 1 amide bonds. The summed E-state index contributed by atoms with van der Waals surface area (Å²) in [6.07, 6.45) is 2.79. The topological polar surface area (TPSA) is 78.4 Å². The van der Waals surface area contributed by atoms with Gasteiger partial charge in [-0.3, -0.25) is 4.79 Å². The number of guanidine groups is 1. The number of hydrogen-bond donors (Lipinski definition) is 3. The first-order valence-corrected chi connectivity index (χ1v) is 9.24. The number of nitrogens with zero attached hydrogens (tertiary/aromatic N) is 2. The van der Waals surface area contributed by atoms with Crippen LogP contribution in [0.25, 0.3) is 0 Å². The van der Waals surface area contributed by atoms with Crippen LogP contribution in [0.3, 0.4) is 0 Å². The molecule has 0 fully saturated rings. The minimum absolute atomic E-state index is 0.0581. The van der Waals surface area contributed by atoms with Gasteiger partial charge in [-0.2, -0.15) is 0 Å². The molecule has 0 aliphatic carbocycles. The van der Waals surface area contributed by atoms with Crippen molar-refractivity contribution in [3.8, 4) is 0 Å². The number of amides is 1. The molecule has 1 heterocycles. The second kappa shape index (κ2) is 9.78. The monoisotopic (exact) mass is 359 g/mol. The van der Waals surface area contributed by atoms with E-state index in [-0.39, 0.29) is 12.5 Å². The van der Waals surface area contributed by atoms with Gasteiger partial charge in [-0.05, 0) is 38.0 Å². The maximum Gasteiger partial charge on any atom is 0.246 e. The summed E-state index contributed by atoms with van der Waals surface area (Å²) in [7, 11) is 0. The molecule has 0 saturated carbocycles. The van der Waals surface area contributed by atoms with Gasteiger partial charge in [-0.15, -0.1) is 11.3 Å². The molecule has 0 atom stereocenters. The molecule has 0 radical (unpaired) electrons. The molecule has 3 N–H and O–H groups in total. The molecule has 2 aromatic rings. The molecule has 1 aromatic heterocycles. The summed E-state index contributed by atoms with van der Waals surface area (Å²) in [5, 5.41) is 10.2. The fourth-order valence-corrected chi connectivity index (χ4v) is 2.93. The zero-order valence-electron chi connectivity index (χ0n) is 14.9. The number of carbonyl (C=O) groups excluding carboxylic acids is 1. The number of aromatic nitrogens is 1. The highest BCUT2D eigenvalue weighted by Crippen LogP contribution is 2.11. The fourth-order valence-electron chi connectivity index (χ4n) is 2.20. The zero-order chi connectivity index (χ0) is 18.1. The van der Waals surface area contributed by atoms with Crippen LogP contribution in [0.15, 0.2) is 35.5 Å². The van der Waals surface area contributed by atoms with E-state index in [1.165, 1.54) is 10.4 Å². The van der Waals surface area contributed by atoms with Crippen LogP contribution in [-0.2, 0) is 17.8 Å². The van der Waals surface area contributed by atoms with Crippen molar-refractivity contribution < 1.29 is 4.79 Å². The van der Waals surface area contributed by atoms with Gasteiger partial charge in [0.15, 0.2) is 5.96 Å². The fraction of sp³-hybridized carbons (Fsp3) is 0.389. The number of anilines is 1. The lowest BCUT2D eigenvalue weighted by Gasteiger charge is -2.10. The molecule has 2 rings (SSSR count). The molecule has 0 bridgehead atoms. The van der Waals surface area contributed by atoms with Gasteiger partial charge < -0.3 is 16.0 Å². The Balaban J connectivity index is 1.89. The van der Waals surface area contributed by atoms with E-state index in [2.05, 4.69) is 32.9 Å². The number of nitrogens with one attached hydrogen (secondary N) is 3. The van der Waals surface area contributed by atoms with Gasteiger partial charge in [-0.25, -0.2) is 9.98 Å². The van der Waals surface area contributed by atoms with E-state index in [4.69, 9.17) is 0 Å². The molecule has 0 aliphatic rings. The molecule has 6 nitrogen and oxygen atoms in total. The first-order chi connectivity index (χ1) is 12.1. The Kier molecular flexibility index (Phi) is 7.40.